The molecule has 0 aliphatic heterocycles. The van der Waals surface area contributed by atoms with Gasteiger partial charge in [0.1, 0.15) is 0 Å². The van der Waals surface area contributed by atoms with Crippen molar-refractivity contribution in [2.75, 3.05) is 6.61 Å². The Labute approximate surface area is 122 Å². The zero-order chi connectivity index (χ0) is 15.1. The van der Waals surface area contributed by atoms with Crippen LogP contribution in [0.1, 0.15) is 23.2 Å². The molecule has 1 aromatic carbocycles. The minimum Gasteiger partial charge on any atom is -0.478 e. The van der Waals surface area contributed by atoms with Gasteiger partial charge in [-0.3, -0.25) is 0 Å². The molecule has 2 rings (SSSR count). The van der Waals surface area contributed by atoms with E-state index in [1.807, 2.05) is 6.08 Å². The van der Waals surface area contributed by atoms with Crippen LogP contribution in [-0.4, -0.2) is 27.7 Å². The van der Waals surface area contributed by atoms with Gasteiger partial charge in [-0.25, -0.2) is 9.78 Å². The summed E-state index contributed by atoms with van der Waals surface area (Å²) >= 11 is 0. The molecule has 1 N–H and O–H groups in total. The van der Waals surface area contributed by atoms with Crippen molar-refractivity contribution in [1.82, 2.24) is 9.97 Å². The number of allylic oxidation sites excluding steroid dienone is 1. The Morgan fingerprint density at radius 1 is 1.33 bits per heavy atom. The summed E-state index contributed by atoms with van der Waals surface area (Å²) in [5, 5.41) is 9.20. The summed E-state index contributed by atoms with van der Waals surface area (Å²) in [6.07, 6.45) is 5.12. The third-order valence-corrected chi connectivity index (χ3v) is 2.83. The predicted molar refractivity (Wildman–Crippen MR) is 79.4 cm³/mol. The number of rotatable bonds is 7. The molecule has 0 saturated heterocycles. The van der Waals surface area contributed by atoms with Crippen LogP contribution < -0.4 is 4.74 Å². The molecule has 21 heavy (non-hydrogen) atoms. The molecule has 5 heteroatoms. The zero-order valence-electron chi connectivity index (χ0n) is 11.5. The minimum absolute atomic E-state index is 0.168. The van der Waals surface area contributed by atoms with Crippen LogP contribution >= 0.6 is 0 Å². The van der Waals surface area contributed by atoms with E-state index < -0.39 is 5.97 Å². The normalized spacial score (nSPS) is 10.1. The minimum atomic E-state index is -1.01. The van der Waals surface area contributed by atoms with Gasteiger partial charge in [0.15, 0.2) is 5.82 Å². The zero-order valence-corrected chi connectivity index (χ0v) is 11.5. The molecule has 0 saturated carbocycles. The Morgan fingerprint density at radius 3 is 2.90 bits per heavy atom. The van der Waals surface area contributed by atoms with Crippen molar-refractivity contribution >= 4 is 5.97 Å². The van der Waals surface area contributed by atoms with Gasteiger partial charge >= 0.3 is 5.97 Å². The maximum atomic E-state index is 11.2. The monoisotopic (exact) mass is 284 g/mol. The summed E-state index contributed by atoms with van der Waals surface area (Å²) in [5.41, 5.74) is 0.642. The van der Waals surface area contributed by atoms with Gasteiger partial charge in [-0.1, -0.05) is 24.3 Å². The number of aromatic carboxylic acids is 1. The Hall–Kier alpha value is -2.69. The van der Waals surface area contributed by atoms with Crippen molar-refractivity contribution < 1.29 is 14.6 Å². The number of carboxylic acids is 1. The van der Waals surface area contributed by atoms with Crippen LogP contribution in [-0.2, 0) is 0 Å². The molecule has 0 aliphatic rings. The smallest absolute Gasteiger partial charge is 0.336 e. The molecule has 0 aliphatic carbocycles. The largest absolute Gasteiger partial charge is 0.478 e. The van der Waals surface area contributed by atoms with Gasteiger partial charge in [-0.05, 0) is 18.9 Å². The van der Waals surface area contributed by atoms with E-state index >= 15 is 0 Å². The molecule has 0 spiro atoms. The van der Waals surface area contributed by atoms with E-state index in [9.17, 15) is 9.90 Å². The number of carbonyl (C=O) groups is 1. The molecule has 0 atom stereocenters. The predicted octanol–water partition coefficient (Wildman–Crippen LogP) is 3.19. The number of benzene rings is 1. The first-order chi connectivity index (χ1) is 10.2. The maximum absolute atomic E-state index is 11.2. The second kappa shape index (κ2) is 7.19. The lowest BCUT2D eigenvalue weighted by molar-refractivity contribution is 0.0697. The number of aromatic nitrogens is 2. The van der Waals surface area contributed by atoms with E-state index in [1.54, 1.807) is 30.5 Å². The molecule has 1 aromatic heterocycles. The first-order valence-electron chi connectivity index (χ1n) is 6.62. The van der Waals surface area contributed by atoms with E-state index in [0.29, 0.717) is 23.9 Å². The van der Waals surface area contributed by atoms with Gasteiger partial charge in [0, 0.05) is 17.8 Å². The Balaban J connectivity index is 2.21. The van der Waals surface area contributed by atoms with Crippen molar-refractivity contribution in [3.8, 4) is 17.3 Å². The highest BCUT2D eigenvalue weighted by molar-refractivity contribution is 5.94. The molecule has 0 unspecified atom stereocenters. The fourth-order valence-electron chi connectivity index (χ4n) is 1.82. The summed E-state index contributed by atoms with van der Waals surface area (Å²) in [5.74, 6) is -0.232. The standard InChI is InChI=1S/C16H16N2O3/c1-2-3-6-11-21-14-9-10-17-15(18-14)12-7-4-5-8-13(12)16(19)20/h2,4-5,7-10H,1,3,6,11H2,(H,19,20). The van der Waals surface area contributed by atoms with Gasteiger partial charge in [0.05, 0.1) is 12.2 Å². The van der Waals surface area contributed by atoms with Crippen molar-refractivity contribution in [3.05, 3.63) is 54.7 Å². The third-order valence-electron chi connectivity index (χ3n) is 2.83. The number of unbranched alkanes of at least 4 members (excludes halogenated alkanes) is 1. The summed E-state index contributed by atoms with van der Waals surface area (Å²) in [6.45, 7) is 4.18. The van der Waals surface area contributed by atoms with Crippen LogP contribution in [0.2, 0.25) is 0 Å². The Morgan fingerprint density at radius 2 is 2.14 bits per heavy atom. The summed E-state index contributed by atoms with van der Waals surface area (Å²) in [6, 6.07) is 8.28. The van der Waals surface area contributed by atoms with E-state index in [-0.39, 0.29) is 5.56 Å². The molecule has 0 fully saturated rings. The molecule has 108 valence electrons. The van der Waals surface area contributed by atoms with Gasteiger partial charge in [-0.15, -0.1) is 6.58 Å². The maximum Gasteiger partial charge on any atom is 0.336 e. The summed E-state index contributed by atoms with van der Waals surface area (Å²) in [7, 11) is 0. The lowest BCUT2D eigenvalue weighted by Gasteiger charge is -2.07. The number of hydrogen-bond acceptors (Lipinski definition) is 4. The topological polar surface area (TPSA) is 72.3 Å². The molecule has 0 radical (unpaired) electrons. The summed E-state index contributed by atoms with van der Waals surface area (Å²) in [4.78, 5) is 19.6. The molecular weight excluding hydrogens is 268 g/mol. The highest BCUT2D eigenvalue weighted by Crippen LogP contribution is 2.21. The van der Waals surface area contributed by atoms with Crippen molar-refractivity contribution in [2.24, 2.45) is 0 Å². The average molecular weight is 284 g/mol. The molecule has 2 aromatic rings. The Kier molecular flexibility index (Phi) is 5.04. The first kappa shape index (κ1) is 14.7. The number of carboxylic acid groups (broad SMARTS) is 1. The molecule has 0 bridgehead atoms. The lowest BCUT2D eigenvalue weighted by Crippen LogP contribution is -2.03. The molecular formula is C16H16N2O3. The van der Waals surface area contributed by atoms with Crippen molar-refractivity contribution in [1.29, 1.82) is 0 Å². The Bertz CT molecular complexity index is 641. The summed E-state index contributed by atoms with van der Waals surface area (Å²) < 4.78 is 5.52. The number of hydrogen-bond donors (Lipinski definition) is 1. The fourth-order valence-corrected chi connectivity index (χ4v) is 1.82. The van der Waals surface area contributed by atoms with Crippen LogP contribution in [0.3, 0.4) is 0 Å². The van der Waals surface area contributed by atoms with Crippen LogP contribution in [0.4, 0.5) is 0 Å². The van der Waals surface area contributed by atoms with Gasteiger partial charge in [0.2, 0.25) is 5.88 Å². The van der Waals surface area contributed by atoms with Crippen molar-refractivity contribution in [3.63, 3.8) is 0 Å². The van der Waals surface area contributed by atoms with Crippen LogP contribution in [0, 0.1) is 0 Å². The highest BCUT2D eigenvalue weighted by Gasteiger charge is 2.13. The van der Waals surface area contributed by atoms with Crippen LogP contribution in [0.25, 0.3) is 11.4 Å². The van der Waals surface area contributed by atoms with Gasteiger partial charge in [0.25, 0.3) is 0 Å². The molecule has 5 nitrogen and oxygen atoms in total. The SMILES string of the molecule is C=CCCCOc1ccnc(-c2ccccc2C(=O)O)n1. The second-order valence-electron chi connectivity index (χ2n) is 4.35. The molecule has 0 amide bonds. The van der Waals surface area contributed by atoms with Gasteiger partial charge in [-0.2, -0.15) is 4.98 Å². The third kappa shape index (κ3) is 3.89. The van der Waals surface area contributed by atoms with E-state index in [1.165, 1.54) is 6.07 Å². The van der Waals surface area contributed by atoms with E-state index in [4.69, 9.17) is 4.74 Å². The van der Waals surface area contributed by atoms with Crippen molar-refractivity contribution in [2.45, 2.75) is 12.8 Å². The van der Waals surface area contributed by atoms with Crippen LogP contribution in [0.15, 0.2) is 49.2 Å². The quantitative estimate of drug-likeness (QED) is 0.624. The van der Waals surface area contributed by atoms with Crippen LogP contribution in [0.5, 0.6) is 5.88 Å². The first-order valence-corrected chi connectivity index (χ1v) is 6.62. The van der Waals surface area contributed by atoms with E-state index in [0.717, 1.165) is 12.8 Å². The number of ether oxygens (including phenoxy) is 1. The lowest BCUT2D eigenvalue weighted by atomic mass is 10.1. The highest BCUT2D eigenvalue weighted by atomic mass is 16.5. The second-order valence-corrected chi connectivity index (χ2v) is 4.35. The fraction of sp³-hybridized carbons (Fsp3) is 0.188. The van der Waals surface area contributed by atoms with E-state index in [2.05, 4.69) is 16.5 Å². The van der Waals surface area contributed by atoms with Gasteiger partial charge < -0.3 is 9.84 Å². The number of nitrogens with zero attached hydrogens (tertiary/aromatic N) is 2. The molecule has 1 heterocycles. The average Bonchev–Trinajstić information content (AvgIpc) is 2.52.